The second-order valence-corrected chi connectivity index (χ2v) is 7.50. The van der Waals surface area contributed by atoms with E-state index in [4.69, 9.17) is 0 Å². The van der Waals surface area contributed by atoms with E-state index in [1.807, 2.05) is 6.92 Å². The zero-order valence-corrected chi connectivity index (χ0v) is 14.9. The lowest BCUT2D eigenvalue weighted by atomic mass is 10.1. The topological polar surface area (TPSA) is 100 Å². The molecule has 0 radical (unpaired) electrons. The zero-order chi connectivity index (χ0) is 18.9. The molecule has 1 aromatic carbocycles. The molecule has 142 valence electrons. The van der Waals surface area contributed by atoms with Crippen LogP contribution in [0.15, 0.2) is 29.3 Å². The number of aliphatic hydroxyl groups is 1. The van der Waals surface area contributed by atoms with Crippen LogP contribution in [0.25, 0.3) is 0 Å². The Hall–Kier alpha value is -1.94. The van der Waals surface area contributed by atoms with Gasteiger partial charge in [0.1, 0.15) is 15.6 Å². The van der Waals surface area contributed by atoms with E-state index < -0.39 is 22.6 Å². The molecule has 0 heterocycles. The van der Waals surface area contributed by atoms with Gasteiger partial charge < -0.3 is 20.5 Å². The average molecular weight is 379 g/mol. The van der Waals surface area contributed by atoms with Crippen LogP contribution in [0, 0.1) is 0 Å². The molecule has 7 nitrogen and oxygen atoms in total. The van der Waals surface area contributed by atoms with Gasteiger partial charge in [0.25, 0.3) is 0 Å². The monoisotopic (exact) mass is 379 g/mol. The summed E-state index contributed by atoms with van der Waals surface area (Å²) in [5.74, 6) is 0.346. The van der Waals surface area contributed by atoms with Crippen molar-refractivity contribution in [3.8, 4) is 5.75 Å². The van der Waals surface area contributed by atoms with Gasteiger partial charge in [-0.05, 0) is 24.6 Å². The van der Waals surface area contributed by atoms with Crippen LogP contribution in [0.4, 0.5) is 8.78 Å². The fourth-order valence-corrected chi connectivity index (χ4v) is 2.32. The van der Waals surface area contributed by atoms with Crippen molar-refractivity contribution in [3.63, 3.8) is 0 Å². The number of nitrogens with zero attached hydrogens (tertiary/aromatic N) is 1. The maximum atomic E-state index is 12.1. The van der Waals surface area contributed by atoms with Crippen LogP contribution in [0.3, 0.4) is 0 Å². The minimum atomic E-state index is -3.08. The maximum Gasteiger partial charge on any atom is 0.387 e. The highest BCUT2D eigenvalue weighted by molar-refractivity contribution is 7.90. The summed E-state index contributed by atoms with van der Waals surface area (Å²) < 4.78 is 50.7. The van der Waals surface area contributed by atoms with Gasteiger partial charge in [-0.3, -0.25) is 4.99 Å². The van der Waals surface area contributed by atoms with Crippen molar-refractivity contribution < 1.29 is 27.0 Å². The Morgan fingerprint density at radius 3 is 2.44 bits per heavy atom. The van der Waals surface area contributed by atoms with E-state index in [0.717, 1.165) is 6.26 Å². The number of hydrogen-bond donors (Lipinski definition) is 3. The number of nitrogens with one attached hydrogen (secondary N) is 2. The highest BCUT2D eigenvalue weighted by Gasteiger charge is 2.10. The van der Waals surface area contributed by atoms with Crippen LogP contribution in [-0.4, -0.2) is 57.7 Å². The molecular weight excluding hydrogens is 356 g/mol. The molecule has 1 aromatic rings. The Kier molecular flexibility index (Phi) is 8.56. The van der Waals surface area contributed by atoms with E-state index in [2.05, 4.69) is 20.4 Å². The number of benzene rings is 1. The van der Waals surface area contributed by atoms with Crippen molar-refractivity contribution in [3.05, 3.63) is 29.8 Å². The number of halogens is 2. The minimum absolute atomic E-state index is 0.00484. The molecule has 10 heteroatoms. The lowest BCUT2D eigenvalue weighted by Crippen LogP contribution is -2.39. The first-order valence-corrected chi connectivity index (χ1v) is 9.70. The largest absolute Gasteiger partial charge is 0.435 e. The van der Waals surface area contributed by atoms with Crippen molar-refractivity contribution in [2.24, 2.45) is 4.99 Å². The molecule has 25 heavy (non-hydrogen) atoms. The molecule has 1 rings (SSSR count). The second-order valence-electron chi connectivity index (χ2n) is 5.24. The summed E-state index contributed by atoms with van der Waals surface area (Å²) in [6.45, 7) is -0.267. The highest BCUT2D eigenvalue weighted by atomic mass is 32.2. The van der Waals surface area contributed by atoms with Crippen molar-refractivity contribution in [1.29, 1.82) is 0 Å². The molecule has 0 saturated heterocycles. The fourth-order valence-electron chi connectivity index (χ4n) is 1.85. The number of sulfone groups is 1. The van der Waals surface area contributed by atoms with Gasteiger partial charge in [-0.15, -0.1) is 0 Å². The van der Waals surface area contributed by atoms with Gasteiger partial charge >= 0.3 is 6.61 Å². The van der Waals surface area contributed by atoms with Gasteiger partial charge in [0.2, 0.25) is 0 Å². The van der Waals surface area contributed by atoms with Gasteiger partial charge in [0.15, 0.2) is 5.96 Å². The van der Waals surface area contributed by atoms with Crippen LogP contribution in [0.2, 0.25) is 0 Å². The number of aliphatic hydroxyl groups excluding tert-OH is 1. The summed E-state index contributed by atoms with van der Waals surface area (Å²) in [6, 6.07) is 5.62. The van der Waals surface area contributed by atoms with Crippen LogP contribution < -0.4 is 15.4 Å². The molecule has 0 spiro atoms. The smallest absolute Gasteiger partial charge is 0.387 e. The van der Waals surface area contributed by atoms with Gasteiger partial charge in [-0.1, -0.05) is 12.1 Å². The van der Waals surface area contributed by atoms with E-state index >= 15 is 0 Å². The molecule has 0 aliphatic carbocycles. The number of alkyl halides is 2. The number of aliphatic imine (C=N–C) groups is 1. The zero-order valence-electron chi connectivity index (χ0n) is 14.1. The van der Waals surface area contributed by atoms with Gasteiger partial charge in [-0.25, -0.2) is 8.42 Å². The molecule has 0 aliphatic heterocycles. The van der Waals surface area contributed by atoms with Crippen LogP contribution in [0.1, 0.15) is 18.6 Å². The summed E-state index contributed by atoms with van der Waals surface area (Å²) in [6.07, 6.45) is 0.204. The molecule has 3 N–H and O–H groups in total. The van der Waals surface area contributed by atoms with E-state index in [0.29, 0.717) is 18.1 Å². The fraction of sp³-hybridized carbons (Fsp3) is 0.533. The predicted molar refractivity (Wildman–Crippen MR) is 91.7 cm³/mol. The summed E-state index contributed by atoms with van der Waals surface area (Å²) in [5, 5.41) is 15.9. The Labute approximate surface area is 146 Å². The van der Waals surface area contributed by atoms with Crippen LogP contribution in [0.5, 0.6) is 5.75 Å². The predicted octanol–water partition coefficient (Wildman–Crippen LogP) is 0.921. The summed E-state index contributed by atoms with van der Waals surface area (Å²) >= 11 is 0. The lowest BCUT2D eigenvalue weighted by molar-refractivity contribution is -0.0498. The molecule has 0 saturated carbocycles. The van der Waals surface area contributed by atoms with E-state index in [1.54, 1.807) is 0 Å². The number of rotatable bonds is 9. The Morgan fingerprint density at radius 1 is 1.28 bits per heavy atom. The lowest BCUT2D eigenvalue weighted by Gasteiger charge is -2.13. The maximum absolute atomic E-state index is 12.1. The van der Waals surface area contributed by atoms with Gasteiger partial charge in [-0.2, -0.15) is 8.78 Å². The summed E-state index contributed by atoms with van der Waals surface area (Å²) in [5.41, 5.74) is 0.498. The minimum Gasteiger partial charge on any atom is -0.435 e. The average Bonchev–Trinajstić information content (AvgIpc) is 2.51. The first-order valence-electron chi connectivity index (χ1n) is 7.64. The number of guanidine groups is 1. The first-order chi connectivity index (χ1) is 11.7. The molecule has 1 unspecified atom stereocenters. The Balaban J connectivity index is 2.61. The van der Waals surface area contributed by atoms with Crippen molar-refractivity contribution in [2.75, 3.05) is 31.6 Å². The van der Waals surface area contributed by atoms with E-state index in [-0.39, 0.29) is 24.6 Å². The Bertz CT molecular complexity index is 651. The second kappa shape index (κ2) is 10.1. The normalized spacial score (nSPS) is 13.6. The third-order valence-corrected chi connectivity index (χ3v) is 3.97. The molecule has 0 amide bonds. The van der Waals surface area contributed by atoms with Crippen molar-refractivity contribution in [1.82, 2.24) is 10.6 Å². The van der Waals surface area contributed by atoms with Gasteiger partial charge in [0, 0.05) is 19.3 Å². The number of hydrogen-bond acceptors (Lipinski definition) is 5. The summed E-state index contributed by atoms with van der Waals surface area (Å²) in [7, 11) is -3.08. The number of ether oxygens (including phenoxy) is 1. The van der Waals surface area contributed by atoms with Crippen LogP contribution in [-0.2, 0) is 9.84 Å². The van der Waals surface area contributed by atoms with Gasteiger partial charge in [0.05, 0.1) is 18.4 Å². The van der Waals surface area contributed by atoms with Crippen molar-refractivity contribution >= 4 is 15.8 Å². The molecular formula is C15H23F2N3O4S. The molecule has 0 bridgehead atoms. The van der Waals surface area contributed by atoms with Crippen molar-refractivity contribution in [2.45, 2.75) is 19.6 Å². The highest BCUT2D eigenvalue weighted by Crippen LogP contribution is 2.19. The first kappa shape index (κ1) is 21.1. The van der Waals surface area contributed by atoms with E-state index in [9.17, 15) is 22.3 Å². The molecule has 0 aliphatic rings. The molecule has 1 atom stereocenters. The third-order valence-electron chi connectivity index (χ3n) is 3.02. The quantitative estimate of drug-likeness (QED) is 0.436. The SMILES string of the molecule is CCNC(=NCC(O)c1ccc(OC(F)F)cc1)NCCS(C)(=O)=O. The summed E-state index contributed by atoms with van der Waals surface area (Å²) in [4.78, 5) is 4.18. The van der Waals surface area contributed by atoms with E-state index in [1.165, 1.54) is 24.3 Å². The molecule has 0 aromatic heterocycles. The van der Waals surface area contributed by atoms with Crippen LogP contribution >= 0.6 is 0 Å². The third kappa shape index (κ3) is 9.20. The standard InChI is InChI=1S/C15H23F2N3O4S/c1-3-18-15(19-8-9-25(2,22)23)20-10-13(21)11-4-6-12(7-5-11)24-14(16)17/h4-7,13-14,21H,3,8-10H2,1-2H3,(H2,18,19,20). The Morgan fingerprint density at radius 2 is 1.92 bits per heavy atom. The molecule has 0 fully saturated rings.